The number of nitrogens with two attached hydrogens (primary N) is 1. The molecule has 0 aromatic carbocycles. The van der Waals surface area contributed by atoms with Gasteiger partial charge in [-0.25, -0.2) is 0 Å². The van der Waals surface area contributed by atoms with E-state index < -0.39 is 0 Å². The van der Waals surface area contributed by atoms with E-state index in [1.165, 1.54) is 32.1 Å². The fourth-order valence-electron chi connectivity index (χ4n) is 2.12. The summed E-state index contributed by atoms with van der Waals surface area (Å²) in [5.74, 6) is -0.000904. The van der Waals surface area contributed by atoms with E-state index in [-0.39, 0.29) is 12.5 Å². The maximum Gasteiger partial charge on any atom is 0.246 e. The molecule has 0 bridgehead atoms. The fraction of sp³-hybridized carbons (Fsp3) is 0.917. The van der Waals surface area contributed by atoms with Crippen LogP contribution < -0.4 is 11.1 Å². The van der Waals surface area contributed by atoms with Gasteiger partial charge in [0, 0.05) is 12.6 Å². The van der Waals surface area contributed by atoms with Crippen LogP contribution in [0, 0.1) is 0 Å². The number of carbonyl (C=O) groups is 1. The van der Waals surface area contributed by atoms with Crippen molar-refractivity contribution in [1.82, 2.24) is 5.32 Å². The van der Waals surface area contributed by atoms with Gasteiger partial charge in [-0.3, -0.25) is 4.79 Å². The molecule has 0 aromatic rings. The van der Waals surface area contributed by atoms with Gasteiger partial charge in [0.15, 0.2) is 0 Å². The van der Waals surface area contributed by atoms with Crippen LogP contribution in [0.15, 0.2) is 0 Å². The summed E-state index contributed by atoms with van der Waals surface area (Å²) in [5.41, 5.74) is 5.28. The van der Waals surface area contributed by atoms with Crippen LogP contribution in [0.4, 0.5) is 0 Å². The van der Waals surface area contributed by atoms with Crippen LogP contribution >= 0.6 is 0 Å². The molecule has 1 aliphatic rings. The van der Waals surface area contributed by atoms with Gasteiger partial charge in [-0.2, -0.15) is 0 Å². The van der Waals surface area contributed by atoms with Gasteiger partial charge in [0.25, 0.3) is 0 Å². The second kappa shape index (κ2) is 8.53. The van der Waals surface area contributed by atoms with Crippen molar-refractivity contribution in [2.75, 3.05) is 19.8 Å². The van der Waals surface area contributed by atoms with Crippen LogP contribution in [0.3, 0.4) is 0 Å². The second-order valence-electron chi connectivity index (χ2n) is 4.45. The van der Waals surface area contributed by atoms with Crippen molar-refractivity contribution in [3.63, 3.8) is 0 Å². The van der Waals surface area contributed by atoms with E-state index >= 15 is 0 Å². The van der Waals surface area contributed by atoms with Crippen molar-refractivity contribution in [3.8, 4) is 0 Å². The highest BCUT2D eigenvalue weighted by molar-refractivity contribution is 5.77. The number of carbonyl (C=O) groups excluding carboxylic acids is 1. The SMILES string of the molecule is NCCOCC(=O)NC1CCCCCCC1. The Balaban J connectivity index is 2.14. The molecule has 0 unspecified atom stereocenters. The summed E-state index contributed by atoms with van der Waals surface area (Å²) < 4.78 is 5.11. The van der Waals surface area contributed by atoms with Gasteiger partial charge in [0.2, 0.25) is 5.91 Å². The van der Waals surface area contributed by atoms with Gasteiger partial charge in [-0.1, -0.05) is 32.1 Å². The summed E-state index contributed by atoms with van der Waals surface area (Å²) in [5, 5.41) is 3.04. The lowest BCUT2D eigenvalue weighted by Crippen LogP contribution is -2.37. The minimum absolute atomic E-state index is 0.000904. The summed E-state index contributed by atoms with van der Waals surface area (Å²) in [6.45, 7) is 1.07. The van der Waals surface area contributed by atoms with Gasteiger partial charge in [0.1, 0.15) is 6.61 Å². The first kappa shape index (κ1) is 13.5. The third kappa shape index (κ3) is 6.08. The molecule has 4 nitrogen and oxygen atoms in total. The van der Waals surface area contributed by atoms with Crippen LogP contribution in [0.5, 0.6) is 0 Å². The summed E-state index contributed by atoms with van der Waals surface area (Å²) >= 11 is 0. The highest BCUT2D eigenvalue weighted by atomic mass is 16.5. The largest absolute Gasteiger partial charge is 0.370 e. The number of hydrogen-bond acceptors (Lipinski definition) is 3. The maximum absolute atomic E-state index is 11.5. The Morgan fingerprint density at radius 1 is 1.19 bits per heavy atom. The molecule has 1 fully saturated rings. The fourth-order valence-corrected chi connectivity index (χ4v) is 2.12. The topological polar surface area (TPSA) is 64.3 Å². The standard InChI is InChI=1S/C12H24N2O2/c13-8-9-16-10-12(15)14-11-6-4-2-1-3-5-7-11/h11H,1-10,13H2,(H,14,15). The second-order valence-corrected chi connectivity index (χ2v) is 4.45. The zero-order valence-corrected chi connectivity index (χ0v) is 10.0. The number of hydrogen-bond donors (Lipinski definition) is 2. The monoisotopic (exact) mass is 228 g/mol. The maximum atomic E-state index is 11.5. The quantitative estimate of drug-likeness (QED) is 0.695. The van der Waals surface area contributed by atoms with Crippen LogP contribution in [0.1, 0.15) is 44.9 Å². The van der Waals surface area contributed by atoms with Crippen LogP contribution in [0.2, 0.25) is 0 Å². The number of ether oxygens (including phenoxy) is 1. The molecule has 1 rings (SSSR count). The third-order valence-electron chi connectivity index (χ3n) is 2.97. The normalized spacial score (nSPS) is 18.8. The first-order valence-corrected chi connectivity index (χ1v) is 6.40. The predicted octanol–water partition coefficient (Wildman–Crippen LogP) is 1.19. The Labute approximate surface area is 97.9 Å². The van der Waals surface area contributed by atoms with Crippen molar-refractivity contribution in [2.24, 2.45) is 5.73 Å². The average molecular weight is 228 g/mol. The molecule has 0 heterocycles. The minimum atomic E-state index is -0.000904. The van der Waals surface area contributed by atoms with Gasteiger partial charge in [-0.15, -0.1) is 0 Å². The molecule has 0 spiro atoms. The van der Waals surface area contributed by atoms with E-state index in [2.05, 4.69) is 5.32 Å². The molecular formula is C12H24N2O2. The third-order valence-corrected chi connectivity index (χ3v) is 2.97. The predicted molar refractivity (Wildman–Crippen MR) is 64.1 cm³/mol. The first-order chi connectivity index (χ1) is 7.83. The molecule has 94 valence electrons. The van der Waals surface area contributed by atoms with E-state index in [1.807, 2.05) is 0 Å². The van der Waals surface area contributed by atoms with Gasteiger partial charge in [0.05, 0.1) is 6.61 Å². The summed E-state index contributed by atoms with van der Waals surface area (Å²) in [6.07, 6.45) is 8.64. The van der Waals surface area contributed by atoms with Crippen LogP contribution in [-0.2, 0) is 9.53 Å². The van der Waals surface area contributed by atoms with Crippen molar-refractivity contribution in [2.45, 2.75) is 51.0 Å². The minimum Gasteiger partial charge on any atom is -0.370 e. The molecule has 0 atom stereocenters. The Morgan fingerprint density at radius 2 is 1.81 bits per heavy atom. The molecule has 16 heavy (non-hydrogen) atoms. The van der Waals surface area contributed by atoms with Gasteiger partial charge >= 0.3 is 0 Å². The van der Waals surface area contributed by atoms with Crippen LogP contribution in [-0.4, -0.2) is 31.7 Å². The summed E-state index contributed by atoms with van der Waals surface area (Å²) in [6, 6.07) is 0.356. The van der Waals surface area contributed by atoms with E-state index in [4.69, 9.17) is 10.5 Å². The molecule has 0 aliphatic heterocycles. The van der Waals surface area contributed by atoms with Crippen molar-refractivity contribution in [1.29, 1.82) is 0 Å². The number of amides is 1. The summed E-state index contributed by atoms with van der Waals surface area (Å²) in [7, 11) is 0. The smallest absolute Gasteiger partial charge is 0.246 e. The Hall–Kier alpha value is -0.610. The van der Waals surface area contributed by atoms with E-state index in [1.54, 1.807) is 0 Å². The van der Waals surface area contributed by atoms with E-state index in [0.29, 0.717) is 19.2 Å². The Kier molecular flexibility index (Phi) is 7.17. The van der Waals surface area contributed by atoms with Gasteiger partial charge < -0.3 is 15.8 Å². The molecule has 1 aliphatic carbocycles. The Bertz CT molecular complexity index is 189. The lowest BCUT2D eigenvalue weighted by molar-refractivity contribution is -0.126. The van der Waals surface area contributed by atoms with Crippen molar-refractivity contribution < 1.29 is 9.53 Å². The number of rotatable bonds is 5. The highest BCUT2D eigenvalue weighted by Crippen LogP contribution is 2.16. The first-order valence-electron chi connectivity index (χ1n) is 6.40. The molecular weight excluding hydrogens is 204 g/mol. The zero-order chi connectivity index (χ0) is 11.6. The van der Waals surface area contributed by atoms with E-state index in [9.17, 15) is 4.79 Å². The molecule has 0 aromatic heterocycles. The zero-order valence-electron chi connectivity index (χ0n) is 10.0. The van der Waals surface area contributed by atoms with Crippen LogP contribution in [0.25, 0.3) is 0 Å². The van der Waals surface area contributed by atoms with Crippen molar-refractivity contribution >= 4 is 5.91 Å². The average Bonchev–Trinajstić information content (AvgIpc) is 2.22. The molecule has 0 saturated heterocycles. The molecule has 4 heteroatoms. The Morgan fingerprint density at radius 3 is 2.44 bits per heavy atom. The lowest BCUT2D eigenvalue weighted by Gasteiger charge is -2.20. The lowest BCUT2D eigenvalue weighted by atomic mass is 9.97. The molecule has 1 saturated carbocycles. The summed E-state index contributed by atoms with van der Waals surface area (Å²) in [4.78, 5) is 11.5. The number of nitrogens with one attached hydrogen (secondary N) is 1. The van der Waals surface area contributed by atoms with Crippen molar-refractivity contribution in [3.05, 3.63) is 0 Å². The molecule has 3 N–H and O–H groups in total. The molecule has 0 radical (unpaired) electrons. The van der Waals surface area contributed by atoms with E-state index in [0.717, 1.165) is 12.8 Å². The molecule has 1 amide bonds. The highest BCUT2D eigenvalue weighted by Gasteiger charge is 2.13. The van der Waals surface area contributed by atoms with Gasteiger partial charge in [-0.05, 0) is 12.8 Å².